The van der Waals surface area contributed by atoms with Crippen LogP contribution in [0.15, 0.2) is 36.4 Å². The molecule has 1 aliphatic heterocycles. The number of fused-ring (bicyclic) bond motifs is 1. The molecule has 1 unspecified atom stereocenters. The van der Waals surface area contributed by atoms with Crippen molar-refractivity contribution in [1.82, 2.24) is 0 Å². The Balaban J connectivity index is 1.92. The Hall–Kier alpha value is -1.87. The predicted octanol–water partition coefficient (Wildman–Crippen LogP) is 3.56. The van der Waals surface area contributed by atoms with Gasteiger partial charge in [0.15, 0.2) is 12.6 Å². The van der Waals surface area contributed by atoms with Gasteiger partial charge in [0.1, 0.15) is 5.75 Å². The van der Waals surface area contributed by atoms with E-state index in [-0.39, 0.29) is 6.29 Å². The third-order valence-corrected chi connectivity index (χ3v) is 3.40. The van der Waals surface area contributed by atoms with Crippen LogP contribution in [0.2, 0.25) is 0 Å². The molecule has 0 aliphatic carbocycles. The average Bonchev–Trinajstić information content (AvgIpc) is 2.47. The zero-order chi connectivity index (χ0) is 13.1. The van der Waals surface area contributed by atoms with Crippen LogP contribution in [0.3, 0.4) is 0 Å². The van der Waals surface area contributed by atoms with Crippen molar-refractivity contribution in [2.45, 2.75) is 25.6 Å². The zero-order valence-electron chi connectivity index (χ0n) is 10.7. The minimum Gasteiger partial charge on any atom is -0.465 e. The second-order valence-electron chi connectivity index (χ2n) is 4.77. The van der Waals surface area contributed by atoms with Crippen LogP contribution in [-0.4, -0.2) is 19.2 Å². The van der Waals surface area contributed by atoms with Crippen molar-refractivity contribution >= 4 is 17.1 Å². The summed E-state index contributed by atoms with van der Waals surface area (Å²) in [5.41, 5.74) is 0.656. The maximum atomic E-state index is 11.2. The second-order valence-corrected chi connectivity index (χ2v) is 4.77. The van der Waals surface area contributed by atoms with E-state index in [2.05, 4.69) is 0 Å². The molecule has 1 aliphatic rings. The lowest BCUT2D eigenvalue weighted by Gasteiger charge is -2.23. The Labute approximate surface area is 112 Å². The highest BCUT2D eigenvalue weighted by Crippen LogP contribution is 2.26. The van der Waals surface area contributed by atoms with Crippen LogP contribution in [0.25, 0.3) is 10.8 Å². The molecule has 1 heterocycles. The third-order valence-electron chi connectivity index (χ3n) is 3.40. The maximum absolute atomic E-state index is 11.2. The Morgan fingerprint density at radius 1 is 1.21 bits per heavy atom. The summed E-state index contributed by atoms with van der Waals surface area (Å²) < 4.78 is 11.4. The van der Waals surface area contributed by atoms with Crippen LogP contribution < -0.4 is 4.74 Å². The van der Waals surface area contributed by atoms with Crippen molar-refractivity contribution in [2.24, 2.45) is 0 Å². The molecule has 0 bridgehead atoms. The molecule has 3 nitrogen and oxygen atoms in total. The van der Waals surface area contributed by atoms with Crippen LogP contribution in [-0.2, 0) is 4.74 Å². The van der Waals surface area contributed by atoms with E-state index < -0.39 is 0 Å². The molecule has 2 aromatic carbocycles. The topological polar surface area (TPSA) is 35.5 Å². The standard InChI is InChI=1S/C16H16O3/c17-11-13-10-14(19-16-7-3-4-8-18-16)9-12-5-1-2-6-15(12)13/h1-2,5-6,9-11,16H,3-4,7-8H2. The molecule has 0 radical (unpaired) electrons. The van der Waals surface area contributed by atoms with Crippen molar-refractivity contribution in [3.63, 3.8) is 0 Å². The van der Waals surface area contributed by atoms with E-state index in [1.165, 1.54) is 0 Å². The molecule has 1 saturated heterocycles. The Morgan fingerprint density at radius 3 is 2.89 bits per heavy atom. The van der Waals surface area contributed by atoms with Gasteiger partial charge in [0.25, 0.3) is 0 Å². The van der Waals surface area contributed by atoms with Gasteiger partial charge in [-0.1, -0.05) is 24.3 Å². The Kier molecular flexibility index (Phi) is 3.47. The van der Waals surface area contributed by atoms with Gasteiger partial charge in [0.2, 0.25) is 0 Å². The van der Waals surface area contributed by atoms with Crippen molar-refractivity contribution in [3.8, 4) is 5.75 Å². The van der Waals surface area contributed by atoms with E-state index in [9.17, 15) is 4.79 Å². The Morgan fingerprint density at radius 2 is 2.11 bits per heavy atom. The number of aldehydes is 1. The van der Waals surface area contributed by atoms with E-state index in [0.717, 1.165) is 42.9 Å². The van der Waals surface area contributed by atoms with Gasteiger partial charge in [-0.3, -0.25) is 4.79 Å². The monoisotopic (exact) mass is 256 g/mol. The average molecular weight is 256 g/mol. The molecule has 0 saturated carbocycles. The molecular formula is C16H16O3. The van der Waals surface area contributed by atoms with Crippen molar-refractivity contribution in [1.29, 1.82) is 0 Å². The molecule has 0 amide bonds. The number of carbonyl (C=O) groups is 1. The first-order chi connectivity index (χ1) is 9.36. The van der Waals surface area contributed by atoms with E-state index in [1.807, 2.05) is 30.3 Å². The van der Waals surface area contributed by atoms with Crippen LogP contribution >= 0.6 is 0 Å². The number of ether oxygens (including phenoxy) is 2. The summed E-state index contributed by atoms with van der Waals surface area (Å²) in [6.07, 6.45) is 3.81. The van der Waals surface area contributed by atoms with Crippen LogP contribution in [0, 0.1) is 0 Å². The molecule has 0 N–H and O–H groups in total. The van der Waals surface area contributed by atoms with Gasteiger partial charge >= 0.3 is 0 Å². The number of rotatable bonds is 3. The lowest BCUT2D eigenvalue weighted by molar-refractivity contribution is -0.105. The summed E-state index contributed by atoms with van der Waals surface area (Å²) >= 11 is 0. The molecule has 3 heteroatoms. The van der Waals surface area contributed by atoms with Crippen molar-refractivity contribution in [3.05, 3.63) is 42.0 Å². The fraction of sp³-hybridized carbons (Fsp3) is 0.312. The van der Waals surface area contributed by atoms with Crippen LogP contribution in [0.4, 0.5) is 0 Å². The SMILES string of the molecule is O=Cc1cc(OC2CCCCO2)cc2ccccc12. The minimum atomic E-state index is -0.186. The van der Waals surface area contributed by atoms with E-state index in [4.69, 9.17) is 9.47 Å². The normalized spacial score (nSPS) is 19.3. The van der Waals surface area contributed by atoms with Gasteiger partial charge in [-0.15, -0.1) is 0 Å². The molecule has 0 spiro atoms. The molecule has 98 valence electrons. The molecule has 2 aromatic rings. The highest BCUT2D eigenvalue weighted by Gasteiger charge is 2.16. The van der Waals surface area contributed by atoms with Gasteiger partial charge in [0, 0.05) is 12.0 Å². The molecule has 1 fully saturated rings. The highest BCUT2D eigenvalue weighted by molar-refractivity contribution is 5.99. The quantitative estimate of drug-likeness (QED) is 0.788. The molecule has 0 aromatic heterocycles. The van der Waals surface area contributed by atoms with Crippen molar-refractivity contribution in [2.75, 3.05) is 6.61 Å². The fourth-order valence-electron chi connectivity index (χ4n) is 2.43. The maximum Gasteiger partial charge on any atom is 0.199 e. The number of hydrogen-bond donors (Lipinski definition) is 0. The first-order valence-corrected chi connectivity index (χ1v) is 6.63. The molecule has 19 heavy (non-hydrogen) atoms. The van der Waals surface area contributed by atoms with Crippen LogP contribution in [0.1, 0.15) is 29.6 Å². The third kappa shape index (κ3) is 2.61. The highest BCUT2D eigenvalue weighted by atomic mass is 16.7. The summed E-state index contributed by atoms with van der Waals surface area (Å²) in [7, 11) is 0. The molecule has 1 atom stereocenters. The second kappa shape index (κ2) is 5.41. The van der Waals surface area contributed by atoms with Crippen molar-refractivity contribution < 1.29 is 14.3 Å². The van der Waals surface area contributed by atoms with Crippen LogP contribution in [0.5, 0.6) is 5.75 Å². The lowest BCUT2D eigenvalue weighted by atomic mass is 10.0. The van der Waals surface area contributed by atoms with Gasteiger partial charge < -0.3 is 9.47 Å². The van der Waals surface area contributed by atoms with E-state index in [0.29, 0.717) is 11.3 Å². The van der Waals surface area contributed by atoms with Gasteiger partial charge in [-0.05, 0) is 35.7 Å². The minimum absolute atomic E-state index is 0.186. The Bertz CT molecular complexity index is 586. The zero-order valence-corrected chi connectivity index (χ0v) is 10.7. The summed E-state index contributed by atoms with van der Waals surface area (Å²) in [6.45, 7) is 0.749. The number of benzene rings is 2. The first-order valence-electron chi connectivity index (χ1n) is 6.63. The summed E-state index contributed by atoms with van der Waals surface area (Å²) in [5, 5.41) is 1.97. The summed E-state index contributed by atoms with van der Waals surface area (Å²) in [4.78, 5) is 11.2. The van der Waals surface area contributed by atoms with Gasteiger partial charge in [-0.25, -0.2) is 0 Å². The first kappa shape index (κ1) is 12.2. The molecular weight excluding hydrogens is 240 g/mol. The molecule has 3 rings (SSSR count). The smallest absolute Gasteiger partial charge is 0.199 e. The largest absolute Gasteiger partial charge is 0.465 e. The number of hydrogen-bond acceptors (Lipinski definition) is 3. The summed E-state index contributed by atoms with van der Waals surface area (Å²) in [6, 6.07) is 11.6. The van der Waals surface area contributed by atoms with E-state index >= 15 is 0 Å². The fourth-order valence-corrected chi connectivity index (χ4v) is 2.43. The van der Waals surface area contributed by atoms with Gasteiger partial charge in [0.05, 0.1) is 6.61 Å². The van der Waals surface area contributed by atoms with E-state index in [1.54, 1.807) is 6.07 Å². The summed E-state index contributed by atoms with van der Waals surface area (Å²) in [5.74, 6) is 0.702. The van der Waals surface area contributed by atoms with Gasteiger partial charge in [-0.2, -0.15) is 0 Å². The predicted molar refractivity (Wildman–Crippen MR) is 73.6 cm³/mol. The lowest BCUT2D eigenvalue weighted by Crippen LogP contribution is -2.25. The number of carbonyl (C=O) groups excluding carboxylic acids is 1.